The molecule has 0 saturated carbocycles. The van der Waals surface area contributed by atoms with Crippen LogP contribution in [0.2, 0.25) is 5.02 Å². The van der Waals surface area contributed by atoms with Gasteiger partial charge in [0.15, 0.2) is 0 Å². The van der Waals surface area contributed by atoms with Crippen LogP contribution in [-0.2, 0) is 4.79 Å². The van der Waals surface area contributed by atoms with Crippen molar-refractivity contribution in [2.75, 3.05) is 0 Å². The highest BCUT2D eigenvalue weighted by molar-refractivity contribution is 8.18. The van der Waals surface area contributed by atoms with E-state index < -0.39 is 4.92 Å². The molecule has 1 atom stereocenters. The van der Waals surface area contributed by atoms with E-state index in [1.165, 1.54) is 29.2 Å². The van der Waals surface area contributed by atoms with Crippen molar-refractivity contribution < 1.29 is 18.9 Å². The standard InChI is InChI=1S/C18H15ClN2O5S/c1-3-10(2)20-17(22)16(27-18(20)23)9-12-5-7-15(26-12)13-6-4-11(19)8-14(13)21(24)25/h4-10H,3H2,1-2H3/b16-9+/t10-/m0/s1. The fraction of sp³-hybridized carbons (Fsp3) is 0.222. The van der Waals surface area contributed by atoms with Crippen molar-refractivity contribution in [2.24, 2.45) is 0 Å². The lowest BCUT2D eigenvalue weighted by Crippen LogP contribution is -2.36. The number of rotatable bonds is 5. The van der Waals surface area contributed by atoms with Crippen LogP contribution in [0.1, 0.15) is 26.0 Å². The Morgan fingerprint density at radius 3 is 2.74 bits per heavy atom. The van der Waals surface area contributed by atoms with Crippen molar-refractivity contribution in [3.05, 3.63) is 56.1 Å². The first-order valence-electron chi connectivity index (χ1n) is 8.13. The third-order valence-electron chi connectivity index (χ3n) is 4.18. The predicted octanol–water partition coefficient (Wildman–Crippen LogP) is 5.34. The maximum Gasteiger partial charge on any atom is 0.293 e. The minimum Gasteiger partial charge on any atom is -0.456 e. The van der Waals surface area contributed by atoms with Crippen LogP contribution in [0.5, 0.6) is 0 Å². The van der Waals surface area contributed by atoms with Crippen LogP contribution in [0.4, 0.5) is 10.5 Å². The zero-order valence-electron chi connectivity index (χ0n) is 14.5. The molecule has 1 aliphatic heterocycles. The molecule has 2 aromatic rings. The Bertz CT molecular complexity index is 968. The molecular weight excluding hydrogens is 392 g/mol. The van der Waals surface area contributed by atoms with Crippen LogP contribution >= 0.6 is 23.4 Å². The SMILES string of the molecule is CC[C@H](C)N1C(=O)S/C(=C/c2ccc(-c3ccc(Cl)cc3[N+](=O)[O-])o2)C1=O. The van der Waals surface area contributed by atoms with Gasteiger partial charge in [-0.05, 0) is 49.4 Å². The van der Waals surface area contributed by atoms with Gasteiger partial charge >= 0.3 is 0 Å². The molecule has 0 radical (unpaired) electrons. The molecule has 1 aromatic carbocycles. The molecule has 27 heavy (non-hydrogen) atoms. The molecule has 0 unspecified atom stereocenters. The molecule has 2 amide bonds. The summed E-state index contributed by atoms with van der Waals surface area (Å²) in [6.45, 7) is 3.71. The van der Waals surface area contributed by atoms with Gasteiger partial charge in [0.1, 0.15) is 11.5 Å². The molecule has 1 fully saturated rings. The van der Waals surface area contributed by atoms with Crippen molar-refractivity contribution in [3.63, 3.8) is 0 Å². The van der Waals surface area contributed by atoms with Crippen LogP contribution in [0.25, 0.3) is 17.4 Å². The number of furan rings is 1. The number of carbonyl (C=O) groups excluding carboxylic acids is 2. The number of hydrogen-bond acceptors (Lipinski definition) is 6. The summed E-state index contributed by atoms with van der Waals surface area (Å²) < 4.78 is 5.65. The molecule has 3 rings (SSSR count). The van der Waals surface area contributed by atoms with Crippen molar-refractivity contribution in [1.29, 1.82) is 0 Å². The van der Waals surface area contributed by atoms with E-state index in [4.69, 9.17) is 16.0 Å². The number of amides is 2. The van der Waals surface area contributed by atoms with E-state index in [0.717, 1.165) is 11.8 Å². The molecule has 1 aliphatic rings. The minimum absolute atomic E-state index is 0.180. The third-order valence-corrected chi connectivity index (χ3v) is 5.30. The Labute approximate surface area is 164 Å². The van der Waals surface area contributed by atoms with Gasteiger partial charge in [0, 0.05) is 23.2 Å². The summed E-state index contributed by atoms with van der Waals surface area (Å²) in [6, 6.07) is 7.25. The topological polar surface area (TPSA) is 93.7 Å². The van der Waals surface area contributed by atoms with Gasteiger partial charge in [0.25, 0.3) is 16.8 Å². The first kappa shape index (κ1) is 19.2. The zero-order valence-corrected chi connectivity index (χ0v) is 16.0. The Morgan fingerprint density at radius 2 is 2.07 bits per heavy atom. The number of hydrogen-bond donors (Lipinski definition) is 0. The summed E-state index contributed by atoms with van der Waals surface area (Å²) in [5.41, 5.74) is 0.0947. The Kier molecular flexibility index (Phi) is 5.38. The van der Waals surface area contributed by atoms with E-state index in [2.05, 4.69) is 0 Å². The van der Waals surface area contributed by atoms with Gasteiger partial charge in [0.05, 0.1) is 15.4 Å². The number of thioether (sulfide) groups is 1. The Morgan fingerprint density at radius 1 is 1.33 bits per heavy atom. The monoisotopic (exact) mass is 406 g/mol. The van der Waals surface area contributed by atoms with E-state index in [1.54, 1.807) is 12.1 Å². The minimum atomic E-state index is -0.541. The summed E-state index contributed by atoms with van der Waals surface area (Å²) in [5, 5.41) is 11.2. The number of benzene rings is 1. The zero-order chi connectivity index (χ0) is 19.7. The Balaban J connectivity index is 1.92. The van der Waals surface area contributed by atoms with E-state index in [9.17, 15) is 19.7 Å². The van der Waals surface area contributed by atoms with E-state index in [0.29, 0.717) is 12.2 Å². The lowest BCUT2D eigenvalue weighted by atomic mass is 10.1. The van der Waals surface area contributed by atoms with E-state index in [1.807, 2.05) is 13.8 Å². The quantitative estimate of drug-likeness (QED) is 0.377. The fourth-order valence-electron chi connectivity index (χ4n) is 2.61. The second kappa shape index (κ2) is 7.58. The van der Waals surface area contributed by atoms with Crippen LogP contribution < -0.4 is 0 Å². The number of carbonyl (C=O) groups is 2. The smallest absolute Gasteiger partial charge is 0.293 e. The lowest BCUT2D eigenvalue weighted by molar-refractivity contribution is -0.384. The average molecular weight is 407 g/mol. The number of nitrogens with zero attached hydrogens (tertiary/aromatic N) is 2. The molecule has 0 N–H and O–H groups in total. The molecule has 0 spiro atoms. The highest BCUT2D eigenvalue weighted by Gasteiger charge is 2.37. The van der Waals surface area contributed by atoms with Gasteiger partial charge in [0.2, 0.25) is 0 Å². The van der Waals surface area contributed by atoms with Gasteiger partial charge in [-0.2, -0.15) is 0 Å². The molecule has 2 heterocycles. The summed E-state index contributed by atoms with van der Waals surface area (Å²) >= 11 is 6.67. The molecule has 140 valence electrons. The predicted molar refractivity (Wildman–Crippen MR) is 103 cm³/mol. The highest BCUT2D eigenvalue weighted by Crippen LogP contribution is 2.36. The fourth-order valence-corrected chi connectivity index (χ4v) is 3.69. The number of nitro benzene ring substituents is 1. The Hall–Kier alpha value is -2.58. The maximum absolute atomic E-state index is 12.4. The first-order valence-corrected chi connectivity index (χ1v) is 9.32. The molecule has 9 heteroatoms. The average Bonchev–Trinajstić information content (AvgIpc) is 3.19. The van der Waals surface area contributed by atoms with Gasteiger partial charge in [-0.25, -0.2) is 0 Å². The van der Waals surface area contributed by atoms with Gasteiger partial charge in [-0.1, -0.05) is 18.5 Å². The summed E-state index contributed by atoms with van der Waals surface area (Å²) in [5.74, 6) is 0.226. The highest BCUT2D eigenvalue weighted by atomic mass is 35.5. The number of halogens is 1. The molecule has 1 saturated heterocycles. The van der Waals surface area contributed by atoms with E-state index in [-0.39, 0.29) is 44.1 Å². The van der Waals surface area contributed by atoms with E-state index >= 15 is 0 Å². The van der Waals surface area contributed by atoms with Gasteiger partial charge < -0.3 is 4.42 Å². The number of imide groups is 1. The van der Waals surface area contributed by atoms with Gasteiger partial charge in [-0.3, -0.25) is 24.6 Å². The van der Waals surface area contributed by atoms with Crippen molar-refractivity contribution in [3.8, 4) is 11.3 Å². The second-order valence-electron chi connectivity index (χ2n) is 5.93. The normalized spacial score (nSPS) is 17.0. The number of nitro groups is 1. The van der Waals surface area contributed by atoms with Crippen molar-refractivity contribution in [1.82, 2.24) is 4.90 Å². The van der Waals surface area contributed by atoms with Crippen LogP contribution in [0.15, 0.2) is 39.7 Å². The lowest BCUT2D eigenvalue weighted by Gasteiger charge is -2.19. The van der Waals surface area contributed by atoms with Crippen LogP contribution in [0, 0.1) is 10.1 Å². The molecule has 0 bridgehead atoms. The van der Waals surface area contributed by atoms with Crippen LogP contribution in [0.3, 0.4) is 0 Å². The van der Waals surface area contributed by atoms with Crippen molar-refractivity contribution >= 4 is 46.3 Å². The van der Waals surface area contributed by atoms with Gasteiger partial charge in [-0.15, -0.1) is 0 Å². The summed E-state index contributed by atoms with van der Waals surface area (Å²) in [6.07, 6.45) is 2.13. The van der Waals surface area contributed by atoms with Crippen molar-refractivity contribution in [2.45, 2.75) is 26.3 Å². The third kappa shape index (κ3) is 3.77. The molecular formula is C18H15ClN2O5S. The molecule has 0 aliphatic carbocycles. The summed E-state index contributed by atoms with van der Waals surface area (Å²) in [7, 11) is 0. The largest absolute Gasteiger partial charge is 0.456 e. The van der Waals surface area contributed by atoms with Crippen LogP contribution in [-0.4, -0.2) is 27.0 Å². The first-order chi connectivity index (χ1) is 12.8. The summed E-state index contributed by atoms with van der Waals surface area (Å²) in [4.78, 5) is 36.7. The molecule has 1 aromatic heterocycles. The second-order valence-corrected chi connectivity index (χ2v) is 7.36. The maximum atomic E-state index is 12.4. The molecule has 7 nitrogen and oxygen atoms in total.